The third-order valence-electron chi connectivity index (χ3n) is 5.99. The molecule has 0 bridgehead atoms. The molecule has 1 fully saturated rings. The molecule has 5 aromatic rings. The van der Waals surface area contributed by atoms with Gasteiger partial charge < -0.3 is 34.2 Å². The van der Waals surface area contributed by atoms with Gasteiger partial charge in [0.05, 0.1) is 42.2 Å². The topological polar surface area (TPSA) is 113 Å². The van der Waals surface area contributed by atoms with E-state index in [1.165, 1.54) is 0 Å². The van der Waals surface area contributed by atoms with Crippen molar-refractivity contribution in [1.29, 1.82) is 0 Å². The second-order valence-corrected chi connectivity index (χ2v) is 8.25. The Morgan fingerprint density at radius 1 is 1.14 bits per heavy atom. The number of ether oxygens (including phenoxy) is 2. The van der Waals surface area contributed by atoms with Crippen LogP contribution >= 0.6 is 0 Å². The minimum Gasteiger partial charge on any atom is -0.489 e. The summed E-state index contributed by atoms with van der Waals surface area (Å²) in [6.07, 6.45) is 9.27. The molecule has 10 heteroatoms. The highest BCUT2D eigenvalue weighted by Crippen LogP contribution is 2.34. The maximum absolute atomic E-state index is 9.32. The zero-order valence-corrected chi connectivity index (χ0v) is 19.0. The number of aromatic nitrogens is 5. The minimum absolute atomic E-state index is 0.0578. The molecule has 10 nitrogen and oxygen atoms in total. The molecule has 1 aromatic carbocycles. The van der Waals surface area contributed by atoms with Gasteiger partial charge in [-0.1, -0.05) is 0 Å². The lowest BCUT2D eigenvalue weighted by molar-refractivity contribution is 0.122. The van der Waals surface area contributed by atoms with Crippen LogP contribution in [-0.4, -0.2) is 69.0 Å². The number of imidazole rings is 1. The summed E-state index contributed by atoms with van der Waals surface area (Å²) in [5.74, 6) is 1.31. The molecule has 1 aliphatic rings. The van der Waals surface area contributed by atoms with Gasteiger partial charge in [-0.3, -0.25) is 4.98 Å². The number of morpholine rings is 1. The van der Waals surface area contributed by atoms with E-state index in [0.29, 0.717) is 30.4 Å². The van der Waals surface area contributed by atoms with Crippen molar-refractivity contribution in [2.24, 2.45) is 0 Å². The molecule has 1 aliphatic heterocycles. The maximum Gasteiger partial charge on any atom is 0.180 e. The van der Waals surface area contributed by atoms with Crippen molar-refractivity contribution in [2.45, 2.75) is 0 Å². The molecule has 0 amide bonds. The highest BCUT2D eigenvalue weighted by Gasteiger charge is 2.17. The Labute approximate surface area is 201 Å². The Morgan fingerprint density at radius 2 is 2.06 bits per heavy atom. The Balaban J connectivity index is 1.36. The summed E-state index contributed by atoms with van der Waals surface area (Å²) in [6.45, 7) is 3.10. The van der Waals surface area contributed by atoms with Gasteiger partial charge in [0.15, 0.2) is 11.5 Å². The van der Waals surface area contributed by atoms with Crippen molar-refractivity contribution in [3.8, 4) is 17.0 Å². The lowest BCUT2D eigenvalue weighted by Crippen LogP contribution is -2.36. The third-order valence-corrected chi connectivity index (χ3v) is 5.99. The Morgan fingerprint density at radius 3 is 2.94 bits per heavy atom. The molecule has 6 rings (SSSR count). The number of anilines is 3. The largest absolute Gasteiger partial charge is 0.489 e. The summed E-state index contributed by atoms with van der Waals surface area (Å²) in [7, 11) is 0. The fraction of sp³-hybridized carbons (Fsp3) is 0.240. The van der Waals surface area contributed by atoms with Crippen LogP contribution in [0.3, 0.4) is 0 Å². The molecular formula is C25H25N7O3. The first-order valence-corrected chi connectivity index (χ1v) is 11.5. The lowest BCUT2D eigenvalue weighted by Gasteiger charge is -2.30. The van der Waals surface area contributed by atoms with Crippen molar-refractivity contribution < 1.29 is 14.6 Å². The summed E-state index contributed by atoms with van der Waals surface area (Å²) >= 11 is 0. The van der Waals surface area contributed by atoms with Crippen molar-refractivity contribution in [1.82, 2.24) is 24.3 Å². The van der Waals surface area contributed by atoms with E-state index >= 15 is 0 Å². The quantitative estimate of drug-likeness (QED) is 0.332. The van der Waals surface area contributed by atoms with Gasteiger partial charge in [-0.25, -0.2) is 9.97 Å². The van der Waals surface area contributed by atoms with E-state index in [0.717, 1.165) is 46.8 Å². The number of aliphatic hydroxyl groups excluding tert-OH is 1. The van der Waals surface area contributed by atoms with Gasteiger partial charge >= 0.3 is 0 Å². The van der Waals surface area contributed by atoms with Gasteiger partial charge in [0, 0.05) is 61.4 Å². The van der Waals surface area contributed by atoms with Crippen LogP contribution < -0.4 is 15.0 Å². The molecule has 5 heterocycles. The second kappa shape index (κ2) is 9.24. The van der Waals surface area contributed by atoms with Crippen molar-refractivity contribution in [3.05, 3.63) is 61.3 Å². The fourth-order valence-corrected chi connectivity index (χ4v) is 4.29. The molecule has 0 saturated carbocycles. The molecule has 0 radical (unpaired) electrons. The smallest absolute Gasteiger partial charge is 0.180 e. The van der Waals surface area contributed by atoms with Crippen molar-refractivity contribution in [2.75, 3.05) is 49.7 Å². The van der Waals surface area contributed by atoms with E-state index in [2.05, 4.69) is 25.2 Å². The number of fused-ring (bicyclic) bond motifs is 2. The van der Waals surface area contributed by atoms with E-state index in [1.54, 1.807) is 6.20 Å². The van der Waals surface area contributed by atoms with Crippen LogP contribution in [0.1, 0.15) is 0 Å². The van der Waals surface area contributed by atoms with Crippen LogP contribution in [0, 0.1) is 0 Å². The molecule has 35 heavy (non-hydrogen) atoms. The number of rotatable bonds is 7. The molecule has 0 atom stereocenters. The van der Waals surface area contributed by atoms with E-state index in [9.17, 15) is 5.11 Å². The first-order valence-electron chi connectivity index (χ1n) is 11.5. The van der Waals surface area contributed by atoms with E-state index < -0.39 is 0 Å². The van der Waals surface area contributed by atoms with Crippen molar-refractivity contribution >= 4 is 33.9 Å². The number of hydrogen-bond donors (Lipinski definition) is 3. The fourth-order valence-electron chi connectivity index (χ4n) is 4.29. The molecule has 1 saturated heterocycles. The Kier molecular flexibility index (Phi) is 5.65. The Hall–Kier alpha value is -4.15. The normalized spacial score (nSPS) is 14.0. The zero-order valence-electron chi connectivity index (χ0n) is 19.0. The van der Waals surface area contributed by atoms with Gasteiger partial charge in [-0.05, 0) is 24.3 Å². The monoisotopic (exact) mass is 471 g/mol. The number of benzene rings is 1. The number of nitrogens with one attached hydrogen (secondary N) is 2. The van der Waals surface area contributed by atoms with E-state index in [1.807, 2.05) is 59.5 Å². The van der Waals surface area contributed by atoms with Crippen LogP contribution in [0.2, 0.25) is 0 Å². The molecule has 178 valence electrons. The van der Waals surface area contributed by atoms with E-state index in [-0.39, 0.29) is 13.2 Å². The highest BCUT2D eigenvalue weighted by atomic mass is 16.5. The number of pyridine rings is 1. The molecule has 3 N–H and O–H groups in total. The molecule has 0 aliphatic carbocycles. The number of aliphatic hydroxyl groups is 1. The van der Waals surface area contributed by atoms with Crippen LogP contribution in [0.15, 0.2) is 61.3 Å². The van der Waals surface area contributed by atoms with Crippen LogP contribution in [0.4, 0.5) is 17.2 Å². The highest BCUT2D eigenvalue weighted by molar-refractivity contribution is 5.81. The second-order valence-electron chi connectivity index (χ2n) is 8.25. The summed E-state index contributed by atoms with van der Waals surface area (Å²) in [4.78, 5) is 19.3. The van der Waals surface area contributed by atoms with E-state index in [4.69, 9.17) is 14.5 Å². The van der Waals surface area contributed by atoms with Crippen molar-refractivity contribution in [3.63, 3.8) is 0 Å². The number of nitrogens with zero attached hydrogens (tertiary/aromatic N) is 5. The minimum atomic E-state index is -0.0578. The first kappa shape index (κ1) is 21.4. The molecule has 0 unspecified atom stereocenters. The third kappa shape index (κ3) is 4.25. The number of H-pyrrole nitrogens is 1. The van der Waals surface area contributed by atoms with Gasteiger partial charge in [-0.2, -0.15) is 0 Å². The summed E-state index contributed by atoms with van der Waals surface area (Å²) in [6, 6.07) is 9.93. The summed E-state index contributed by atoms with van der Waals surface area (Å²) < 4.78 is 13.3. The number of aromatic amines is 1. The first-order chi connectivity index (χ1) is 17.3. The Bertz CT molecular complexity index is 1470. The average molecular weight is 472 g/mol. The number of hydrogen-bond acceptors (Lipinski definition) is 8. The summed E-state index contributed by atoms with van der Waals surface area (Å²) in [5.41, 5.74) is 6.02. The van der Waals surface area contributed by atoms with Gasteiger partial charge in [-0.15, -0.1) is 0 Å². The van der Waals surface area contributed by atoms with Crippen LogP contribution in [0.25, 0.3) is 27.9 Å². The maximum atomic E-state index is 9.32. The van der Waals surface area contributed by atoms with Gasteiger partial charge in [0.1, 0.15) is 12.4 Å². The summed E-state index contributed by atoms with van der Waals surface area (Å²) in [5, 5.41) is 12.7. The lowest BCUT2D eigenvalue weighted by atomic mass is 10.2. The zero-order chi connectivity index (χ0) is 23.6. The molecular weight excluding hydrogens is 446 g/mol. The van der Waals surface area contributed by atoms with Gasteiger partial charge in [0.25, 0.3) is 0 Å². The molecule has 0 spiro atoms. The predicted octanol–water partition coefficient (Wildman–Crippen LogP) is 3.22. The van der Waals surface area contributed by atoms with Crippen LogP contribution in [-0.2, 0) is 4.74 Å². The average Bonchev–Trinajstić information content (AvgIpc) is 3.57. The molecule has 4 aromatic heterocycles. The van der Waals surface area contributed by atoms with Crippen LogP contribution in [0.5, 0.6) is 5.75 Å². The SMILES string of the molecule is OCCOc1cc(Nc2nc(-c3cnc4cc[nH]c4c3)cn3ccnc23)ccc1N1CCOCC1. The van der Waals surface area contributed by atoms with Gasteiger partial charge in [0.2, 0.25) is 0 Å². The predicted molar refractivity (Wildman–Crippen MR) is 133 cm³/mol. The standard InChI is InChI=1S/C25H25N7O3/c33-9-12-35-23-14-18(1-2-22(23)31-7-10-34-11-8-31)29-24-25-27-5-6-32(25)16-21(30-24)17-13-20-19(28-15-17)3-4-26-20/h1-6,13-16,26,33H,7-12H2,(H,29,30).